The number of aliphatic hydroxyl groups excluding tert-OH is 4. The molecule has 0 saturated carbocycles. The van der Waals surface area contributed by atoms with Crippen LogP contribution >= 0.6 is 0 Å². The van der Waals surface area contributed by atoms with Crippen LogP contribution in [-0.4, -0.2) is 56.5 Å². The quantitative estimate of drug-likeness (QED) is 0.308. The van der Waals surface area contributed by atoms with E-state index in [1.807, 2.05) is 0 Å². The van der Waals surface area contributed by atoms with Gasteiger partial charge in [0.25, 0.3) is 5.69 Å². The van der Waals surface area contributed by atoms with Gasteiger partial charge in [-0.2, -0.15) is 0 Å². The second-order valence-electron chi connectivity index (χ2n) is 3.78. The molecule has 0 unspecified atom stereocenters. The van der Waals surface area contributed by atoms with E-state index in [4.69, 9.17) is 10.2 Å². The second kappa shape index (κ2) is 6.90. The van der Waals surface area contributed by atoms with E-state index in [2.05, 4.69) is 4.99 Å². The van der Waals surface area contributed by atoms with Crippen LogP contribution in [0.2, 0.25) is 0 Å². The maximum absolute atomic E-state index is 10.4. The number of nitro groups is 1. The van der Waals surface area contributed by atoms with Crippen molar-refractivity contribution in [2.75, 3.05) is 6.61 Å². The predicted molar refractivity (Wildman–Crippen MR) is 66.4 cm³/mol. The van der Waals surface area contributed by atoms with Crippen molar-refractivity contribution in [1.29, 1.82) is 0 Å². The van der Waals surface area contributed by atoms with Crippen LogP contribution in [0.15, 0.2) is 29.3 Å². The normalized spacial score (nSPS) is 16.2. The maximum atomic E-state index is 10.4. The Balaban J connectivity index is 2.68. The molecule has 0 aliphatic carbocycles. The van der Waals surface area contributed by atoms with E-state index >= 15 is 0 Å². The molecule has 104 valence electrons. The van der Waals surface area contributed by atoms with Crippen molar-refractivity contribution in [3.63, 3.8) is 0 Å². The molecule has 0 aliphatic heterocycles. The Kier molecular flexibility index (Phi) is 5.52. The summed E-state index contributed by atoms with van der Waals surface area (Å²) in [5, 5.41) is 46.9. The third kappa shape index (κ3) is 4.38. The summed E-state index contributed by atoms with van der Waals surface area (Å²) in [5.41, 5.74) is 0.255. The molecule has 0 amide bonds. The van der Waals surface area contributed by atoms with Crippen molar-refractivity contribution in [3.8, 4) is 0 Å². The first-order valence-corrected chi connectivity index (χ1v) is 5.39. The van der Waals surface area contributed by atoms with Crippen LogP contribution in [0.4, 0.5) is 11.4 Å². The van der Waals surface area contributed by atoms with Crippen LogP contribution < -0.4 is 0 Å². The third-order valence-electron chi connectivity index (χ3n) is 2.37. The number of rotatable bonds is 6. The zero-order valence-corrected chi connectivity index (χ0v) is 9.83. The lowest BCUT2D eigenvalue weighted by atomic mass is 10.1. The fourth-order valence-corrected chi connectivity index (χ4v) is 1.25. The summed E-state index contributed by atoms with van der Waals surface area (Å²) in [6, 6.07) is 5.24. The van der Waals surface area contributed by atoms with Gasteiger partial charge in [0.2, 0.25) is 0 Å². The van der Waals surface area contributed by atoms with E-state index in [1.54, 1.807) is 0 Å². The Bertz CT molecular complexity index is 447. The average Bonchev–Trinajstić information content (AvgIpc) is 2.43. The van der Waals surface area contributed by atoms with Gasteiger partial charge in [0.15, 0.2) is 0 Å². The van der Waals surface area contributed by atoms with E-state index in [1.165, 1.54) is 24.3 Å². The van der Waals surface area contributed by atoms with Crippen molar-refractivity contribution >= 4 is 17.6 Å². The highest BCUT2D eigenvalue weighted by atomic mass is 16.6. The van der Waals surface area contributed by atoms with E-state index in [0.717, 1.165) is 6.21 Å². The van der Waals surface area contributed by atoms with Crippen molar-refractivity contribution in [2.45, 2.75) is 18.3 Å². The number of non-ortho nitro benzene ring substituents is 1. The molecule has 19 heavy (non-hydrogen) atoms. The van der Waals surface area contributed by atoms with Gasteiger partial charge in [0.1, 0.15) is 18.3 Å². The molecule has 0 bridgehead atoms. The van der Waals surface area contributed by atoms with Gasteiger partial charge < -0.3 is 20.4 Å². The van der Waals surface area contributed by atoms with E-state index in [0.29, 0.717) is 5.69 Å². The Hall–Kier alpha value is -1.87. The largest absolute Gasteiger partial charge is 0.394 e. The highest BCUT2D eigenvalue weighted by molar-refractivity contribution is 5.68. The smallest absolute Gasteiger partial charge is 0.269 e. The van der Waals surface area contributed by atoms with Crippen molar-refractivity contribution in [3.05, 3.63) is 34.4 Å². The van der Waals surface area contributed by atoms with Crippen LogP contribution in [0.3, 0.4) is 0 Å². The van der Waals surface area contributed by atoms with Gasteiger partial charge >= 0.3 is 0 Å². The maximum Gasteiger partial charge on any atom is 0.269 e. The number of aliphatic hydroxyl groups is 4. The standard InChI is InChI=1S/C11H14N2O6/c14-6-10(16)11(17)9(15)5-12-7-1-3-8(4-2-7)13(18)19/h1-5,9-11,14-17H,6H2/t9-,10-,11-/m1/s1. The number of aliphatic imine (C=N–C) groups is 1. The highest BCUT2D eigenvalue weighted by Gasteiger charge is 2.22. The fourth-order valence-electron chi connectivity index (χ4n) is 1.25. The predicted octanol–water partition coefficient (Wildman–Crippen LogP) is -0.628. The molecule has 4 N–H and O–H groups in total. The summed E-state index contributed by atoms with van der Waals surface area (Å²) in [4.78, 5) is 13.7. The molecule has 1 rings (SSSR count). The summed E-state index contributed by atoms with van der Waals surface area (Å²) < 4.78 is 0. The molecule has 8 nitrogen and oxygen atoms in total. The average molecular weight is 270 g/mol. The van der Waals surface area contributed by atoms with Gasteiger partial charge in [-0.1, -0.05) is 0 Å². The van der Waals surface area contributed by atoms with Gasteiger partial charge in [-0.15, -0.1) is 0 Å². The Morgan fingerprint density at radius 2 is 1.84 bits per heavy atom. The van der Waals surface area contributed by atoms with Crippen LogP contribution in [0.5, 0.6) is 0 Å². The number of benzene rings is 1. The van der Waals surface area contributed by atoms with Crippen LogP contribution in [0, 0.1) is 10.1 Å². The van der Waals surface area contributed by atoms with Crippen LogP contribution in [-0.2, 0) is 0 Å². The monoisotopic (exact) mass is 270 g/mol. The Labute approximate surface area is 108 Å². The first kappa shape index (κ1) is 15.2. The fraction of sp³-hybridized carbons (Fsp3) is 0.364. The van der Waals surface area contributed by atoms with Crippen LogP contribution in [0.1, 0.15) is 0 Å². The minimum absolute atomic E-state index is 0.0877. The lowest BCUT2D eigenvalue weighted by Gasteiger charge is -2.18. The van der Waals surface area contributed by atoms with E-state index in [-0.39, 0.29) is 5.69 Å². The molecule has 0 radical (unpaired) electrons. The number of nitro benzene ring substituents is 1. The Morgan fingerprint density at radius 3 is 2.32 bits per heavy atom. The Morgan fingerprint density at radius 1 is 1.26 bits per heavy atom. The molecule has 1 aromatic rings. The summed E-state index contributed by atoms with van der Waals surface area (Å²) >= 11 is 0. The van der Waals surface area contributed by atoms with Crippen molar-refractivity contribution < 1.29 is 25.3 Å². The lowest BCUT2D eigenvalue weighted by molar-refractivity contribution is -0.384. The molecule has 0 saturated heterocycles. The summed E-state index contributed by atoms with van der Waals surface area (Å²) in [5.74, 6) is 0. The molecule has 0 aromatic heterocycles. The zero-order valence-electron chi connectivity index (χ0n) is 9.83. The minimum atomic E-state index is -1.56. The van der Waals surface area contributed by atoms with Gasteiger partial charge in [-0.3, -0.25) is 15.1 Å². The van der Waals surface area contributed by atoms with Crippen molar-refractivity contribution in [1.82, 2.24) is 0 Å². The van der Waals surface area contributed by atoms with Gasteiger partial charge in [-0.25, -0.2) is 0 Å². The number of nitrogens with zero attached hydrogens (tertiary/aromatic N) is 2. The summed E-state index contributed by atoms with van der Waals surface area (Å²) in [7, 11) is 0. The number of hydrogen-bond acceptors (Lipinski definition) is 7. The van der Waals surface area contributed by atoms with Gasteiger partial charge in [0.05, 0.1) is 17.2 Å². The van der Waals surface area contributed by atoms with Crippen LogP contribution in [0.25, 0.3) is 0 Å². The molecule has 3 atom stereocenters. The summed E-state index contributed by atoms with van der Waals surface area (Å²) in [6.07, 6.45) is -3.52. The molecule has 0 fully saturated rings. The molecule has 0 heterocycles. The molecule has 8 heteroatoms. The second-order valence-corrected chi connectivity index (χ2v) is 3.78. The van der Waals surface area contributed by atoms with Gasteiger partial charge in [0, 0.05) is 18.3 Å². The molecular formula is C11H14N2O6. The molecule has 0 spiro atoms. The zero-order chi connectivity index (χ0) is 14.4. The summed E-state index contributed by atoms with van der Waals surface area (Å²) in [6.45, 7) is -0.691. The lowest BCUT2D eigenvalue weighted by Crippen LogP contribution is -2.40. The van der Waals surface area contributed by atoms with E-state index < -0.39 is 29.8 Å². The molecule has 0 aliphatic rings. The van der Waals surface area contributed by atoms with Crippen molar-refractivity contribution in [2.24, 2.45) is 4.99 Å². The first-order chi connectivity index (χ1) is 8.95. The minimum Gasteiger partial charge on any atom is -0.394 e. The third-order valence-corrected chi connectivity index (χ3v) is 2.37. The first-order valence-electron chi connectivity index (χ1n) is 5.39. The molecular weight excluding hydrogens is 256 g/mol. The SMILES string of the molecule is O=[N+]([O-])c1ccc(N=C[C@@H](O)[C@@H](O)[C@H](O)CO)cc1. The topological polar surface area (TPSA) is 136 Å². The van der Waals surface area contributed by atoms with E-state index in [9.17, 15) is 20.3 Å². The molecule has 1 aromatic carbocycles. The number of hydrogen-bond donors (Lipinski definition) is 4. The van der Waals surface area contributed by atoms with Gasteiger partial charge in [-0.05, 0) is 12.1 Å². The highest BCUT2D eigenvalue weighted by Crippen LogP contribution is 2.17.